The Kier molecular flexibility index (Phi) is 4.80. The Morgan fingerprint density at radius 2 is 2.16 bits per heavy atom. The fraction of sp³-hybridized carbons (Fsp3) is 0.533. The molecule has 0 aliphatic rings. The van der Waals surface area contributed by atoms with Crippen LogP contribution in [0.25, 0.3) is 0 Å². The first-order valence-corrected chi connectivity index (χ1v) is 7.09. The third kappa shape index (κ3) is 3.47. The normalized spacial score (nSPS) is 12.8. The lowest BCUT2D eigenvalue weighted by molar-refractivity contribution is 0.508. The molecule has 0 aliphatic carbocycles. The Morgan fingerprint density at radius 3 is 2.79 bits per heavy atom. The van der Waals surface area contributed by atoms with Gasteiger partial charge in [-0.3, -0.25) is 0 Å². The van der Waals surface area contributed by atoms with Crippen molar-refractivity contribution in [2.75, 3.05) is 6.54 Å². The minimum Gasteiger partial charge on any atom is -0.346 e. The molecule has 2 aromatic heterocycles. The molecule has 19 heavy (non-hydrogen) atoms. The number of hydrogen-bond donors (Lipinski definition) is 1. The van der Waals surface area contributed by atoms with Gasteiger partial charge in [-0.25, -0.2) is 4.98 Å². The highest BCUT2D eigenvalue weighted by Crippen LogP contribution is 2.19. The van der Waals surface area contributed by atoms with Crippen molar-refractivity contribution in [2.45, 2.75) is 39.3 Å². The maximum Gasteiger partial charge on any atom is 0.128 e. The molecule has 0 amide bonds. The molecule has 104 valence electrons. The molecule has 0 saturated heterocycles. The first-order chi connectivity index (χ1) is 9.24. The van der Waals surface area contributed by atoms with Gasteiger partial charge in [0.05, 0.1) is 6.54 Å². The van der Waals surface area contributed by atoms with Crippen LogP contribution in [0.4, 0.5) is 0 Å². The van der Waals surface area contributed by atoms with Crippen molar-refractivity contribution < 1.29 is 0 Å². The highest BCUT2D eigenvalue weighted by molar-refractivity contribution is 5.16. The predicted octanol–water partition coefficient (Wildman–Crippen LogP) is 2.72. The molecule has 4 heteroatoms. The lowest BCUT2D eigenvalue weighted by Crippen LogP contribution is -2.20. The second-order valence-electron chi connectivity index (χ2n) is 4.97. The average Bonchev–Trinajstić information content (AvgIpc) is 3.00. The van der Waals surface area contributed by atoms with Crippen molar-refractivity contribution >= 4 is 0 Å². The quantitative estimate of drug-likeness (QED) is 0.830. The number of nitrogens with one attached hydrogen (secondary N) is 1. The summed E-state index contributed by atoms with van der Waals surface area (Å²) in [4.78, 5) is 4.36. The van der Waals surface area contributed by atoms with Crippen LogP contribution in [0.5, 0.6) is 0 Å². The highest BCUT2D eigenvalue weighted by Gasteiger charge is 2.11. The van der Waals surface area contributed by atoms with E-state index in [0.29, 0.717) is 6.04 Å². The van der Waals surface area contributed by atoms with E-state index >= 15 is 0 Å². The van der Waals surface area contributed by atoms with Crippen LogP contribution in [0.3, 0.4) is 0 Å². The fourth-order valence-electron chi connectivity index (χ4n) is 2.40. The summed E-state index contributed by atoms with van der Waals surface area (Å²) in [6.07, 6.45) is 10.6. The molecule has 4 nitrogen and oxygen atoms in total. The molecule has 0 bridgehead atoms. The molecule has 0 aromatic carbocycles. The van der Waals surface area contributed by atoms with Crippen molar-refractivity contribution in [3.05, 3.63) is 42.2 Å². The predicted molar refractivity (Wildman–Crippen MR) is 78.1 cm³/mol. The standard InChI is InChI=1S/C15H24N4/c1-4-6-14(16-5-2)13-7-9-19(11-13)12-15-17-8-10-18(15)3/h7-11,14,16H,4-6,12H2,1-3H3. The van der Waals surface area contributed by atoms with E-state index in [9.17, 15) is 0 Å². The number of aromatic nitrogens is 3. The molecule has 0 aliphatic heterocycles. The zero-order valence-electron chi connectivity index (χ0n) is 12.1. The third-order valence-corrected chi connectivity index (χ3v) is 3.45. The number of rotatable bonds is 7. The molecular formula is C15H24N4. The maximum atomic E-state index is 4.36. The zero-order chi connectivity index (χ0) is 13.7. The van der Waals surface area contributed by atoms with Crippen molar-refractivity contribution in [3.63, 3.8) is 0 Å². The first-order valence-electron chi connectivity index (χ1n) is 7.09. The number of imidazole rings is 1. The van der Waals surface area contributed by atoms with Crippen LogP contribution in [0, 0.1) is 0 Å². The van der Waals surface area contributed by atoms with E-state index in [2.05, 4.69) is 51.7 Å². The van der Waals surface area contributed by atoms with Crippen LogP contribution in [0.1, 0.15) is 44.1 Å². The topological polar surface area (TPSA) is 34.8 Å². The van der Waals surface area contributed by atoms with Crippen LogP contribution in [0.2, 0.25) is 0 Å². The molecule has 1 N–H and O–H groups in total. The largest absolute Gasteiger partial charge is 0.346 e. The summed E-state index contributed by atoms with van der Waals surface area (Å²) in [5.41, 5.74) is 1.37. The summed E-state index contributed by atoms with van der Waals surface area (Å²) in [6.45, 7) is 6.23. The van der Waals surface area contributed by atoms with E-state index in [1.165, 1.54) is 18.4 Å². The van der Waals surface area contributed by atoms with E-state index in [1.807, 2.05) is 19.4 Å². The molecule has 2 aromatic rings. The molecule has 2 heterocycles. The minimum absolute atomic E-state index is 0.470. The van der Waals surface area contributed by atoms with Gasteiger partial charge in [-0.05, 0) is 24.6 Å². The van der Waals surface area contributed by atoms with Crippen LogP contribution in [0.15, 0.2) is 30.9 Å². The van der Waals surface area contributed by atoms with Crippen molar-refractivity contribution in [1.82, 2.24) is 19.4 Å². The lowest BCUT2D eigenvalue weighted by atomic mass is 10.1. The molecule has 1 unspecified atom stereocenters. The minimum atomic E-state index is 0.470. The Labute approximate surface area is 115 Å². The smallest absolute Gasteiger partial charge is 0.128 e. The summed E-state index contributed by atoms with van der Waals surface area (Å²) < 4.78 is 4.27. The van der Waals surface area contributed by atoms with Gasteiger partial charge in [-0.1, -0.05) is 20.3 Å². The van der Waals surface area contributed by atoms with E-state index in [0.717, 1.165) is 18.9 Å². The number of aryl methyl sites for hydroxylation is 1. The summed E-state index contributed by atoms with van der Waals surface area (Å²) in [6, 6.07) is 2.68. The molecule has 2 rings (SSSR count). The molecule has 0 radical (unpaired) electrons. The first kappa shape index (κ1) is 13.9. The second kappa shape index (κ2) is 6.57. The van der Waals surface area contributed by atoms with E-state index in [1.54, 1.807) is 0 Å². The lowest BCUT2D eigenvalue weighted by Gasteiger charge is -2.15. The van der Waals surface area contributed by atoms with Crippen molar-refractivity contribution in [2.24, 2.45) is 7.05 Å². The summed E-state index contributed by atoms with van der Waals surface area (Å²) in [5.74, 6) is 1.08. The van der Waals surface area contributed by atoms with Gasteiger partial charge >= 0.3 is 0 Å². The van der Waals surface area contributed by atoms with Gasteiger partial charge in [0.1, 0.15) is 5.82 Å². The summed E-state index contributed by atoms with van der Waals surface area (Å²) in [7, 11) is 2.03. The Balaban J connectivity index is 2.07. The Hall–Kier alpha value is -1.55. The average molecular weight is 260 g/mol. The summed E-state index contributed by atoms with van der Waals surface area (Å²) in [5, 5.41) is 3.55. The maximum absolute atomic E-state index is 4.36. The zero-order valence-corrected chi connectivity index (χ0v) is 12.1. The SMILES string of the molecule is CCCC(NCC)c1ccn(Cc2nccn2C)c1. The monoisotopic (exact) mass is 260 g/mol. The van der Waals surface area contributed by atoms with Gasteiger partial charge in [-0.15, -0.1) is 0 Å². The second-order valence-corrected chi connectivity index (χ2v) is 4.97. The third-order valence-electron chi connectivity index (χ3n) is 3.45. The van der Waals surface area contributed by atoms with Crippen molar-refractivity contribution in [1.29, 1.82) is 0 Å². The van der Waals surface area contributed by atoms with Gasteiger partial charge in [0, 0.05) is 37.9 Å². The van der Waals surface area contributed by atoms with E-state index < -0.39 is 0 Å². The Bertz CT molecular complexity index is 492. The number of nitrogens with zero attached hydrogens (tertiary/aromatic N) is 3. The molecule has 0 spiro atoms. The van der Waals surface area contributed by atoms with Gasteiger partial charge in [0.15, 0.2) is 0 Å². The van der Waals surface area contributed by atoms with E-state index in [4.69, 9.17) is 0 Å². The van der Waals surface area contributed by atoms with Gasteiger partial charge in [0.25, 0.3) is 0 Å². The molecule has 0 fully saturated rings. The highest BCUT2D eigenvalue weighted by atomic mass is 15.1. The Morgan fingerprint density at radius 1 is 1.32 bits per heavy atom. The van der Waals surface area contributed by atoms with Crippen LogP contribution in [-0.4, -0.2) is 20.7 Å². The van der Waals surface area contributed by atoms with Crippen LogP contribution >= 0.6 is 0 Å². The molecule has 0 saturated carbocycles. The van der Waals surface area contributed by atoms with Crippen LogP contribution in [-0.2, 0) is 13.6 Å². The van der Waals surface area contributed by atoms with Crippen molar-refractivity contribution in [3.8, 4) is 0 Å². The van der Waals surface area contributed by atoms with Gasteiger partial charge in [0.2, 0.25) is 0 Å². The van der Waals surface area contributed by atoms with Crippen LogP contribution < -0.4 is 5.32 Å². The van der Waals surface area contributed by atoms with E-state index in [-0.39, 0.29) is 0 Å². The van der Waals surface area contributed by atoms with Gasteiger partial charge < -0.3 is 14.5 Å². The molecule has 1 atom stereocenters. The van der Waals surface area contributed by atoms with Gasteiger partial charge in [-0.2, -0.15) is 0 Å². The number of hydrogen-bond acceptors (Lipinski definition) is 2. The fourth-order valence-corrected chi connectivity index (χ4v) is 2.40. The summed E-state index contributed by atoms with van der Waals surface area (Å²) >= 11 is 0. The molecular weight excluding hydrogens is 236 g/mol.